The Morgan fingerprint density at radius 2 is 1.50 bits per heavy atom. The topological polar surface area (TPSA) is 71.3 Å². The minimum atomic E-state index is -4.13. The third kappa shape index (κ3) is 7.01. The number of pyridine rings is 1. The number of benzene rings is 1. The highest BCUT2D eigenvalue weighted by Gasteiger charge is 1.96. The molecule has 0 aliphatic heterocycles. The summed E-state index contributed by atoms with van der Waals surface area (Å²) in [7, 11) is -4.13. The summed E-state index contributed by atoms with van der Waals surface area (Å²) in [4.78, 5) is 3.21. The maximum absolute atomic E-state index is 10.2. The van der Waals surface area contributed by atoms with Crippen LogP contribution in [0.25, 0.3) is 0 Å². The largest absolute Gasteiger partial charge is 0.748 e. The lowest BCUT2D eigenvalue weighted by atomic mass is 10.2. The molecule has 0 atom stereocenters. The van der Waals surface area contributed by atoms with E-state index >= 15 is 0 Å². The molecule has 0 amide bonds. The van der Waals surface area contributed by atoms with Gasteiger partial charge in [0, 0.05) is 26.0 Å². The van der Waals surface area contributed by atoms with Crippen molar-refractivity contribution in [3.8, 4) is 0 Å². The third-order valence-electron chi connectivity index (χ3n) is 2.47. The van der Waals surface area contributed by atoms with Crippen molar-refractivity contribution < 1.29 is 18.0 Å². The lowest BCUT2D eigenvalue weighted by Crippen LogP contribution is -2.11. The zero-order chi connectivity index (χ0) is 15.2. The van der Waals surface area contributed by atoms with E-state index in [-0.39, 0.29) is 0 Å². The minimum absolute atomic E-state index is 0.423. The molecular weight excluding hydrogens is 274 g/mol. The molecule has 0 radical (unpaired) electrons. The number of hydrogen-bond acceptors (Lipinski definition) is 3. The van der Waals surface area contributed by atoms with Gasteiger partial charge in [0.1, 0.15) is 0 Å². The van der Waals surface area contributed by atoms with Crippen LogP contribution in [0.5, 0.6) is 0 Å². The monoisotopic (exact) mass is 293 g/mol. The molecule has 0 fully saturated rings. The van der Waals surface area contributed by atoms with E-state index in [0.717, 1.165) is 0 Å². The van der Waals surface area contributed by atoms with Crippen molar-refractivity contribution in [3.63, 3.8) is 0 Å². The van der Waals surface area contributed by atoms with Gasteiger partial charge >= 0.3 is 0 Å². The molecule has 20 heavy (non-hydrogen) atoms. The molecule has 2 aromatic rings. The molecule has 0 saturated carbocycles. The van der Waals surface area contributed by atoms with E-state index in [4.69, 9.17) is 0 Å². The van der Waals surface area contributed by atoms with Gasteiger partial charge in [0.25, 0.3) is 0 Å². The van der Waals surface area contributed by atoms with Gasteiger partial charge in [-0.1, -0.05) is 30.3 Å². The molecule has 0 bridgehead atoms. The fourth-order valence-electron chi connectivity index (χ4n) is 1.89. The first-order valence-electron chi connectivity index (χ1n) is 6.21. The predicted octanol–water partition coefficient (Wildman–Crippen LogP) is 2.16. The fourth-order valence-corrected chi connectivity index (χ4v) is 2.49. The Labute approximate surface area is 120 Å². The Morgan fingerprint density at radius 3 is 1.90 bits per heavy atom. The highest BCUT2D eigenvalue weighted by atomic mass is 32.2. The Balaban J connectivity index is 0.000000204. The summed E-state index contributed by atoms with van der Waals surface area (Å²) in [6, 6.07) is 12.6. The van der Waals surface area contributed by atoms with E-state index < -0.39 is 15.9 Å². The Bertz CT molecular complexity index is 602. The average Bonchev–Trinajstić information content (AvgIpc) is 2.26. The lowest BCUT2D eigenvalue weighted by molar-refractivity contribution is -0.396. The number of rotatable bonds is 2. The molecule has 0 aliphatic carbocycles. The first-order valence-corrected chi connectivity index (χ1v) is 7.78. The van der Waals surface area contributed by atoms with Gasteiger partial charge < -0.3 is 4.55 Å². The molecule has 1 aromatic heterocycles. The molecule has 0 aliphatic rings. The lowest BCUT2D eigenvalue weighted by Gasteiger charge is -2.05. The molecule has 1 heterocycles. The zero-order valence-electron chi connectivity index (χ0n) is 11.9. The number of H-pyrrole nitrogens is 1. The van der Waals surface area contributed by atoms with Crippen LogP contribution in [-0.4, -0.2) is 13.0 Å². The van der Waals surface area contributed by atoms with Crippen LogP contribution in [0.15, 0.2) is 42.5 Å². The summed E-state index contributed by atoms with van der Waals surface area (Å²) < 4.78 is 30.7. The Morgan fingerprint density at radius 1 is 1.00 bits per heavy atom. The van der Waals surface area contributed by atoms with Crippen LogP contribution in [0.1, 0.15) is 22.5 Å². The van der Waals surface area contributed by atoms with Crippen molar-refractivity contribution in [3.05, 3.63) is 65.0 Å². The Hall–Kier alpha value is -1.72. The standard InChI is InChI=1S/C8H11N.C7H8O3S/c1-6-4-7(2)9-8(3)5-6;8-11(9,10)6-7-4-2-1-3-5-7/h4-5H,1-3H3;1-5H,6H2,(H,8,9,10). The number of nitrogens with one attached hydrogen (secondary N) is 1. The molecule has 5 heteroatoms. The number of aryl methyl sites for hydroxylation is 3. The maximum atomic E-state index is 10.2. The normalized spacial score (nSPS) is 10.6. The summed E-state index contributed by atoms with van der Waals surface area (Å²) in [5.41, 5.74) is 4.31. The minimum Gasteiger partial charge on any atom is -0.748 e. The van der Waals surface area contributed by atoms with Crippen molar-refractivity contribution >= 4 is 10.1 Å². The molecule has 1 N–H and O–H groups in total. The van der Waals surface area contributed by atoms with E-state index in [1.807, 2.05) is 0 Å². The van der Waals surface area contributed by atoms with Crippen molar-refractivity contribution in [1.29, 1.82) is 0 Å². The molecule has 0 unspecified atom stereocenters. The Kier molecular flexibility index (Phi) is 5.85. The first-order chi connectivity index (χ1) is 9.26. The van der Waals surface area contributed by atoms with E-state index in [0.29, 0.717) is 5.56 Å². The number of hydrogen-bond donors (Lipinski definition) is 0. The molecule has 0 spiro atoms. The predicted molar refractivity (Wildman–Crippen MR) is 77.1 cm³/mol. The maximum Gasteiger partial charge on any atom is 0.176 e. The quantitative estimate of drug-likeness (QED) is 0.797. The van der Waals surface area contributed by atoms with Crippen LogP contribution in [0.3, 0.4) is 0 Å². The molecule has 1 aromatic carbocycles. The molecule has 0 saturated heterocycles. The average molecular weight is 293 g/mol. The van der Waals surface area contributed by atoms with Crippen LogP contribution in [0, 0.1) is 20.8 Å². The molecule has 108 valence electrons. The summed E-state index contributed by atoms with van der Waals surface area (Å²) in [5.74, 6) is -0.423. The second-order valence-electron chi connectivity index (χ2n) is 4.71. The van der Waals surface area contributed by atoms with Crippen LogP contribution < -0.4 is 4.98 Å². The van der Waals surface area contributed by atoms with Crippen LogP contribution in [-0.2, 0) is 15.9 Å². The van der Waals surface area contributed by atoms with Crippen LogP contribution in [0.2, 0.25) is 0 Å². The second-order valence-corrected chi connectivity index (χ2v) is 6.12. The summed E-state index contributed by atoms with van der Waals surface area (Å²) in [5, 5.41) is 0. The highest BCUT2D eigenvalue weighted by molar-refractivity contribution is 7.84. The highest BCUT2D eigenvalue weighted by Crippen LogP contribution is 2.02. The van der Waals surface area contributed by atoms with Gasteiger partial charge in [-0.2, -0.15) is 0 Å². The van der Waals surface area contributed by atoms with Crippen LogP contribution in [0.4, 0.5) is 0 Å². The number of aromatic nitrogens is 1. The molecule has 2 rings (SSSR count). The van der Waals surface area contributed by atoms with E-state index in [9.17, 15) is 13.0 Å². The smallest absolute Gasteiger partial charge is 0.176 e. The third-order valence-corrected chi connectivity index (χ3v) is 3.16. The SMILES string of the molecule is Cc1cc(C)[nH+]c(C)c1.O=S(=O)([O-])Cc1ccccc1. The number of aromatic amines is 1. The van der Waals surface area contributed by atoms with Crippen molar-refractivity contribution in [2.75, 3.05) is 0 Å². The zero-order valence-corrected chi connectivity index (χ0v) is 12.7. The van der Waals surface area contributed by atoms with Gasteiger partial charge in [0.15, 0.2) is 11.4 Å². The van der Waals surface area contributed by atoms with Gasteiger partial charge in [0.2, 0.25) is 0 Å². The van der Waals surface area contributed by atoms with Crippen molar-refractivity contribution in [2.45, 2.75) is 26.5 Å². The van der Waals surface area contributed by atoms with E-state index in [2.05, 4.69) is 37.9 Å². The molecular formula is C15H19NO3S. The van der Waals surface area contributed by atoms with Gasteiger partial charge in [-0.3, -0.25) is 0 Å². The van der Waals surface area contributed by atoms with E-state index in [1.165, 1.54) is 17.0 Å². The summed E-state index contributed by atoms with van der Waals surface area (Å²) in [6.45, 7) is 6.24. The van der Waals surface area contributed by atoms with Crippen LogP contribution >= 0.6 is 0 Å². The summed E-state index contributed by atoms with van der Waals surface area (Å²) >= 11 is 0. The fraction of sp³-hybridized carbons (Fsp3) is 0.267. The van der Waals surface area contributed by atoms with Gasteiger partial charge in [0.05, 0.1) is 15.9 Å². The first kappa shape index (κ1) is 16.3. The molecule has 4 nitrogen and oxygen atoms in total. The van der Waals surface area contributed by atoms with Gasteiger partial charge in [-0.15, -0.1) is 0 Å². The van der Waals surface area contributed by atoms with Gasteiger partial charge in [-0.25, -0.2) is 13.4 Å². The van der Waals surface area contributed by atoms with Crippen molar-refractivity contribution in [2.24, 2.45) is 0 Å². The van der Waals surface area contributed by atoms with Gasteiger partial charge in [-0.05, 0) is 18.1 Å². The van der Waals surface area contributed by atoms with E-state index in [1.54, 1.807) is 30.3 Å². The van der Waals surface area contributed by atoms with Crippen molar-refractivity contribution in [1.82, 2.24) is 0 Å². The summed E-state index contributed by atoms with van der Waals surface area (Å²) in [6.07, 6.45) is 0. The second kappa shape index (κ2) is 7.17.